The Balaban J connectivity index is 1.83. The molecule has 116 valence electrons. The van der Waals surface area contributed by atoms with Crippen molar-refractivity contribution in [3.63, 3.8) is 0 Å². The molecular weight excluding hydrogens is 288 g/mol. The molecule has 0 spiro atoms. The van der Waals surface area contributed by atoms with E-state index in [0.29, 0.717) is 18.1 Å². The third-order valence-corrected chi connectivity index (χ3v) is 4.49. The third-order valence-electron chi connectivity index (χ3n) is 4.16. The van der Waals surface area contributed by atoms with E-state index in [4.69, 9.17) is 11.6 Å². The molecule has 0 saturated heterocycles. The van der Waals surface area contributed by atoms with Crippen molar-refractivity contribution in [3.05, 3.63) is 34.9 Å². The largest absolute Gasteiger partial charge is 0.388 e. The molecular formula is C16H23ClN2O2. The number of hydrogen-bond donors (Lipinski definition) is 3. The molecule has 5 heteroatoms. The van der Waals surface area contributed by atoms with Crippen molar-refractivity contribution in [2.24, 2.45) is 0 Å². The van der Waals surface area contributed by atoms with Gasteiger partial charge in [0.05, 0.1) is 5.60 Å². The van der Waals surface area contributed by atoms with Crippen LogP contribution in [0.25, 0.3) is 0 Å². The minimum Gasteiger partial charge on any atom is -0.388 e. The highest BCUT2D eigenvalue weighted by Gasteiger charge is 2.34. The van der Waals surface area contributed by atoms with Crippen LogP contribution in [0.3, 0.4) is 0 Å². The first kappa shape index (κ1) is 16.1. The maximum atomic E-state index is 11.8. The van der Waals surface area contributed by atoms with Crippen molar-refractivity contribution in [3.8, 4) is 0 Å². The van der Waals surface area contributed by atoms with Crippen LogP contribution in [-0.4, -0.2) is 29.8 Å². The summed E-state index contributed by atoms with van der Waals surface area (Å²) in [6, 6.07) is 7.40. The standard InChI is InChI=1S/C16H23ClN2O2/c1-15(2,12-6-3-4-7-13(12)17)10-18-14(20)19-11-16(21)8-5-9-16/h3-4,6-7,21H,5,8-11H2,1-2H3,(H2,18,19,20). The van der Waals surface area contributed by atoms with Gasteiger partial charge in [0.1, 0.15) is 0 Å². The van der Waals surface area contributed by atoms with Gasteiger partial charge in [-0.1, -0.05) is 43.6 Å². The number of nitrogens with one attached hydrogen (secondary N) is 2. The number of carbonyl (C=O) groups is 1. The summed E-state index contributed by atoms with van der Waals surface area (Å²) >= 11 is 6.21. The molecule has 0 radical (unpaired) electrons. The van der Waals surface area contributed by atoms with Crippen molar-refractivity contribution >= 4 is 17.6 Å². The second-order valence-electron chi connectivity index (χ2n) is 6.48. The summed E-state index contributed by atoms with van der Waals surface area (Å²) in [5.74, 6) is 0. The number of carbonyl (C=O) groups excluding carboxylic acids is 1. The lowest BCUT2D eigenvalue weighted by Gasteiger charge is -2.36. The molecule has 3 N–H and O–H groups in total. The summed E-state index contributed by atoms with van der Waals surface area (Å²) in [7, 11) is 0. The summed E-state index contributed by atoms with van der Waals surface area (Å²) in [6.07, 6.45) is 2.55. The molecule has 0 bridgehead atoms. The molecule has 4 nitrogen and oxygen atoms in total. The highest BCUT2D eigenvalue weighted by Crippen LogP contribution is 2.31. The third kappa shape index (κ3) is 4.11. The van der Waals surface area contributed by atoms with Gasteiger partial charge in [0.2, 0.25) is 0 Å². The molecule has 0 heterocycles. The second kappa shape index (κ2) is 6.24. The lowest BCUT2D eigenvalue weighted by atomic mass is 9.80. The number of benzene rings is 1. The van der Waals surface area contributed by atoms with E-state index in [1.165, 1.54) is 0 Å². The van der Waals surface area contributed by atoms with Gasteiger partial charge in [-0.05, 0) is 30.9 Å². The lowest BCUT2D eigenvalue weighted by molar-refractivity contribution is -0.0290. The molecule has 0 aromatic heterocycles. The Morgan fingerprint density at radius 2 is 2.00 bits per heavy atom. The SMILES string of the molecule is CC(C)(CNC(=O)NCC1(O)CCC1)c1ccccc1Cl. The molecule has 2 amide bonds. The van der Waals surface area contributed by atoms with Gasteiger partial charge >= 0.3 is 6.03 Å². The zero-order valence-electron chi connectivity index (χ0n) is 12.6. The first-order valence-electron chi connectivity index (χ1n) is 7.32. The summed E-state index contributed by atoms with van der Waals surface area (Å²) in [5.41, 5.74) is 0.0446. The minimum atomic E-state index is -0.699. The fraction of sp³-hybridized carbons (Fsp3) is 0.562. The van der Waals surface area contributed by atoms with Gasteiger partial charge in [0, 0.05) is 23.5 Å². The molecule has 0 atom stereocenters. The molecule has 1 saturated carbocycles. The van der Waals surface area contributed by atoms with Crippen LogP contribution in [0.15, 0.2) is 24.3 Å². The van der Waals surface area contributed by atoms with Gasteiger partial charge in [0.25, 0.3) is 0 Å². The van der Waals surface area contributed by atoms with Crippen LogP contribution in [0.4, 0.5) is 4.79 Å². The van der Waals surface area contributed by atoms with Crippen LogP contribution in [0, 0.1) is 0 Å². The van der Waals surface area contributed by atoms with E-state index in [-0.39, 0.29) is 11.4 Å². The van der Waals surface area contributed by atoms with Crippen molar-refractivity contribution in [1.82, 2.24) is 10.6 Å². The summed E-state index contributed by atoms with van der Waals surface area (Å²) in [4.78, 5) is 11.8. The fourth-order valence-corrected chi connectivity index (χ4v) is 2.87. The fourth-order valence-electron chi connectivity index (χ4n) is 2.48. The molecule has 0 unspecified atom stereocenters. The highest BCUT2D eigenvalue weighted by molar-refractivity contribution is 6.31. The van der Waals surface area contributed by atoms with Crippen molar-refractivity contribution < 1.29 is 9.90 Å². The molecule has 0 aliphatic heterocycles. The maximum absolute atomic E-state index is 11.8. The summed E-state index contributed by atoms with van der Waals surface area (Å²) in [5, 5.41) is 16.2. The zero-order valence-corrected chi connectivity index (χ0v) is 13.3. The van der Waals surface area contributed by atoms with E-state index < -0.39 is 5.60 Å². The quantitative estimate of drug-likeness (QED) is 0.783. The molecule has 1 aliphatic carbocycles. The Morgan fingerprint density at radius 1 is 1.33 bits per heavy atom. The monoisotopic (exact) mass is 310 g/mol. The summed E-state index contributed by atoms with van der Waals surface area (Å²) in [6.45, 7) is 4.86. The molecule has 1 aliphatic rings. The van der Waals surface area contributed by atoms with Crippen molar-refractivity contribution in [1.29, 1.82) is 0 Å². The van der Waals surface area contributed by atoms with Crippen LogP contribution in [0.2, 0.25) is 5.02 Å². The predicted molar refractivity (Wildman–Crippen MR) is 84.7 cm³/mol. The molecule has 21 heavy (non-hydrogen) atoms. The summed E-state index contributed by atoms with van der Waals surface area (Å²) < 4.78 is 0. The minimum absolute atomic E-state index is 0.254. The van der Waals surface area contributed by atoms with Gasteiger partial charge in [-0.2, -0.15) is 0 Å². The normalized spacial score (nSPS) is 17.0. The Hall–Kier alpha value is -1.26. The van der Waals surface area contributed by atoms with E-state index in [1.807, 2.05) is 38.1 Å². The van der Waals surface area contributed by atoms with E-state index >= 15 is 0 Å². The second-order valence-corrected chi connectivity index (χ2v) is 6.89. The lowest BCUT2D eigenvalue weighted by Crippen LogP contribution is -2.51. The smallest absolute Gasteiger partial charge is 0.314 e. The molecule has 1 aromatic carbocycles. The number of amides is 2. The Morgan fingerprint density at radius 3 is 2.57 bits per heavy atom. The molecule has 2 rings (SSSR count). The van der Waals surface area contributed by atoms with E-state index in [9.17, 15) is 9.90 Å². The van der Waals surface area contributed by atoms with E-state index in [0.717, 1.165) is 24.8 Å². The van der Waals surface area contributed by atoms with Crippen LogP contribution in [0.5, 0.6) is 0 Å². The van der Waals surface area contributed by atoms with Gasteiger partial charge in [-0.15, -0.1) is 0 Å². The number of hydrogen-bond acceptors (Lipinski definition) is 2. The zero-order chi connectivity index (χ0) is 15.5. The number of aliphatic hydroxyl groups is 1. The van der Waals surface area contributed by atoms with Crippen LogP contribution >= 0.6 is 11.6 Å². The van der Waals surface area contributed by atoms with Crippen molar-refractivity contribution in [2.75, 3.05) is 13.1 Å². The Kier molecular flexibility index (Phi) is 4.79. The number of urea groups is 1. The first-order valence-corrected chi connectivity index (χ1v) is 7.69. The van der Waals surface area contributed by atoms with Gasteiger partial charge in [0.15, 0.2) is 0 Å². The average Bonchev–Trinajstić information content (AvgIpc) is 2.41. The average molecular weight is 311 g/mol. The van der Waals surface area contributed by atoms with Crippen LogP contribution < -0.4 is 10.6 Å². The maximum Gasteiger partial charge on any atom is 0.314 e. The van der Waals surface area contributed by atoms with Crippen LogP contribution in [-0.2, 0) is 5.41 Å². The van der Waals surface area contributed by atoms with Crippen molar-refractivity contribution in [2.45, 2.75) is 44.1 Å². The van der Waals surface area contributed by atoms with E-state index in [1.54, 1.807) is 0 Å². The van der Waals surface area contributed by atoms with Gasteiger partial charge in [-0.3, -0.25) is 0 Å². The first-order chi connectivity index (χ1) is 9.82. The highest BCUT2D eigenvalue weighted by atomic mass is 35.5. The Labute approximate surface area is 130 Å². The molecule has 1 aromatic rings. The molecule has 1 fully saturated rings. The van der Waals surface area contributed by atoms with E-state index in [2.05, 4.69) is 10.6 Å². The Bertz CT molecular complexity index is 513. The van der Waals surface area contributed by atoms with Gasteiger partial charge in [-0.25, -0.2) is 4.79 Å². The number of halogens is 1. The number of rotatable bonds is 5. The van der Waals surface area contributed by atoms with Crippen LogP contribution in [0.1, 0.15) is 38.7 Å². The van der Waals surface area contributed by atoms with Gasteiger partial charge < -0.3 is 15.7 Å². The predicted octanol–water partition coefficient (Wildman–Crippen LogP) is 2.83. The topological polar surface area (TPSA) is 61.4 Å².